The Hall–Kier alpha value is -1.17. The Labute approximate surface area is 128 Å². The normalized spacial score (nSPS) is 31.7. The minimum atomic E-state index is -0.621. The number of benzene rings is 1. The molecule has 0 radical (unpaired) electrons. The van der Waals surface area contributed by atoms with Gasteiger partial charge in [0.15, 0.2) is 0 Å². The van der Waals surface area contributed by atoms with Crippen LogP contribution < -0.4 is 5.73 Å². The van der Waals surface area contributed by atoms with E-state index in [0.29, 0.717) is 19.0 Å². The quantitative estimate of drug-likeness (QED) is 0.860. The number of rotatable bonds is 3. The second kappa shape index (κ2) is 5.91. The number of alkyl halides is 1. The number of halogens is 2. The molecule has 0 aromatic heterocycles. The molecule has 1 aromatic rings. The van der Waals surface area contributed by atoms with Crippen molar-refractivity contribution in [1.29, 1.82) is 0 Å². The molecule has 2 bridgehead atoms. The van der Waals surface area contributed by atoms with Crippen molar-refractivity contribution in [1.82, 2.24) is 4.90 Å². The number of hydrogen-bond donors (Lipinski definition) is 1. The summed E-state index contributed by atoms with van der Waals surface area (Å²) in [6.07, 6.45) is 3.23. The first-order valence-corrected chi connectivity index (χ1v) is 7.40. The van der Waals surface area contributed by atoms with Crippen molar-refractivity contribution >= 4 is 17.5 Å². The molecular weight excluding hydrogens is 295 g/mol. The molecule has 1 amide bonds. The topological polar surface area (TPSA) is 77.8 Å². The fourth-order valence-electron chi connectivity index (χ4n) is 3.70. The first-order chi connectivity index (χ1) is 9.51. The molecule has 0 aliphatic carbocycles. The van der Waals surface area contributed by atoms with Crippen LogP contribution in [0.3, 0.4) is 0 Å². The summed E-state index contributed by atoms with van der Waals surface area (Å²) < 4.78 is 13.0. The third-order valence-electron chi connectivity index (χ3n) is 4.69. The van der Waals surface area contributed by atoms with Gasteiger partial charge in [0.1, 0.15) is 11.4 Å². The number of amides is 1. The molecule has 2 heterocycles. The van der Waals surface area contributed by atoms with Gasteiger partial charge in [-0.3, -0.25) is 9.69 Å². The molecule has 1 aromatic carbocycles. The number of carbonyl (C=O) groups is 1. The molecule has 6 heteroatoms. The largest absolute Gasteiger partial charge is 0.412 e. The van der Waals surface area contributed by atoms with Crippen molar-refractivity contribution in [3.8, 4) is 0 Å². The molecular formula is C15H20ClFN2O2. The number of carbonyl (C=O) groups excluding carboxylic acids is 1. The van der Waals surface area contributed by atoms with Crippen molar-refractivity contribution in [2.75, 3.05) is 0 Å². The van der Waals surface area contributed by atoms with Crippen LogP contribution in [0.1, 0.15) is 31.2 Å². The Bertz CT molecular complexity index is 525. The zero-order valence-corrected chi connectivity index (χ0v) is 12.4. The van der Waals surface area contributed by atoms with Crippen LogP contribution >= 0.6 is 11.6 Å². The highest BCUT2D eigenvalue weighted by atomic mass is 35.5. The standard InChI is InChI=1S/C15H18ClFN2O.H2O/c16-11-7-13-5-6-15(8-11,14(18)20)19(13)9-10-1-3-12(17)4-2-10;/h1-4,11,13H,5-9H2,(H2,18,20);1H2. The van der Waals surface area contributed by atoms with E-state index in [4.69, 9.17) is 17.3 Å². The van der Waals surface area contributed by atoms with Crippen LogP contribution in [0.2, 0.25) is 0 Å². The minimum Gasteiger partial charge on any atom is -0.412 e. The highest BCUT2D eigenvalue weighted by Gasteiger charge is 2.54. The highest BCUT2D eigenvalue weighted by Crippen LogP contribution is 2.46. The molecule has 2 fully saturated rings. The zero-order chi connectivity index (χ0) is 14.3. The predicted molar refractivity (Wildman–Crippen MR) is 79.4 cm³/mol. The summed E-state index contributed by atoms with van der Waals surface area (Å²) >= 11 is 6.29. The molecule has 116 valence electrons. The van der Waals surface area contributed by atoms with E-state index in [0.717, 1.165) is 24.8 Å². The van der Waals surface area contributed by atoms with Gasteiger partial charge in [0.2, 0.25) is 5.91 Å². The maximum absolute atomic E-state index is 13.0. The van der Waals surface area contributed by atoms with E-state index in [1.165, 1.54) is 12.1 Å². The summed E-state index contributed by atoms with van der Waals surface area (Å²) in [4.78, 5) is 14.2. The molecule has 0 spiro atoms. The second-order valence-corrected chi connectivity index (χ2v) is 6.50. The third-order valence-corrected chi connectivity index (χ3v) is 5.03. The van der Waals surface area contributed by atoms with Gasteiger partial charge in [-0.2, -0.15) is 0 Å². The molecule has 2 saturated heterocycles. The van der Waals surface area contributed by atoms with E-state index < -0.39 is 5.54 Å². The Kier molecular flexibility index (Phi) is 4.56. The summed E-state index contributed by atoms with van der Waals surface area (Å²) in [6, 6.07) is 6.71. The van der Waals surface area contributed by atoms with Gasteiger partial charge in [0.05, 0.1) is 0 Å². The first-order valence-electron chi connectivity index (χ1n) is 6.96. The Morgan fingerprint density at radius 1 is 1.43 bits per heavy atom. The highest BCUT2D eigenvalue weighted by molar-refractivity contribution is 6.21. The molecule has 3 atom stereocenters. The smallest absolute Gasteiger partial charge is 0.238 e. The molecule has 3 unspecified atom stereocenters. The van der Waals surface area contributed by atoms with Gasteiger partial charge in [-0.15, -0.1) is 11.6 Å². The molecule has 2 aliphatic rings. The fourth-order valence-corrected chi connectivity index (χ4v) is 4.16. The summed E-state index contributed by atoms with van der Waals surface area (Å²) in [7, 11) is 0. The average Bonchev–Trinajstić information content (AvgIpc) is 2.62. The van der Waals surface area contributed by atoms with Crippen LogP contribution in [-0.4, -0.2) is 33.2 Å². The molecule has 0 saturated carbocycles. The Morgan fingerprint density at radius 2 is 2.10 bits per heavy atom. The van der Waals surface area contributed by atoms with E-state index in [-0.39, 0.29) is 22.6 Å². The third kappa shape index (κ3) is 2.78. The SMILES string of the molecule is NC(=O)C12CCC(CC(Cl)C1)N2Cc1ccc(F)cc1.O. The van der Waals surface area contributed by atoms with Gasteiger partial charge in [0, 0.05) is 18.0 Å². The maximum Gasteiger partial charge on any atom is 0.238 e. The van der Waals surface area contributed by atoms with E-state index in [2.05, 4.69) is 4.90 Å². The van der Waals surface area contributed by atoms with Crippen molar-refractivity contribution in [3.63, 3.8) is 0 Å². The lowest BCUT2D eigenvalue weighted by Gasteiger charge is -2.44. The van der Waals surface area contributed by atoms with Crippen LogP contribution in [0.4, 0.5) is 4.39 Å². The van der Waals surface area contributed by atoms with Crippen LogP contribution in [0.25, 0.3) is 0 Å². The summed E-state index contributed by atoms with van der Waals surface area (Å²) in [5.41, 5.74) is 6.05. The fraction of sp³-hybridized carbons (Fsp3) is 0.533. The van der Waals surface area contributed by atoms with Gasteiger partial charge < -0.3 is 11.2 Å². The first kappa shape index (κ1) is 16.2. The lowest BCUT2D eigenvalue weighted by atomic mass is 9.86. The van der Waals surface area contributed by atoms with E-state index >= 15 is 0 Å². The zero-order valence-electron chi connectivity index (χ0n) is 11.7. The van der Waals surface area contributed by atoms with Crippen molar-refractivity contribution in [3.05, 3.63) is 35.6 Å². The van der Waals surface area contributed by atoms with E-state index in [1.54, 1.807) is 12.1 Å². The molecule has 3 rings (SSSR count). The van der Waals surface area contributed by atoms with Crippen LogP contribution in [0, 0.1) is 5.82 Å². The summed E-state index contributed by atoms with van der Waals surface area (Å²) in [5, 5.41) is 0.0134. The lowest BCUT2D eigenvalue weighted by Crippen LogP contribution is -2.59. The van der Waals surface area contributed by atoms with Crippen molar-refractivity contribution in [2.24, 2.45) is 5.73 Å². The number of piperidine rings is 1. The summed E-state index contributed by atoms with van der Waals surface area (Å²) in [5.74, 6) is -0.534. The van der Waals surface area contributed by atoms with Crippen LogP contribution in [-0.2, 0) is 11.3 Å². The Balaban J connectivity index is 0.00000161. The Morgan fingerprint density at radius 3 is 2.71 bits per heavy atom. The monoisotopic (exact) mass is 314 g/mol. The van der Waals surface area contributed by atoms with Gasteiger partial charge in [-0.05, 0) is 43.4 Å². The number of primary amides is 1. The second-order valence-electron chi connectivity index (χ2n) is 5.88. The van der Waals surface area contributed by atoms with Crippen LogP contribution in [0.5, 0.6) is 0 Å². The van der Waals surface area contributed by atoms with Crippen molar-refractivity contribution < 1.29 is 14.7 Å². The van der Waals surface area contributed by atoms with Gasteiger partial charge in [0.25, 0.3) is 0 Å². The lowest BCUT2D eigenvalue weighted by molar-refractivity contribution is -0.132. The van der Waals surface area contributed by atoms with E-state index in [1.807, 2.05) is 0 Å². The average molecular weight is 315 g/mol. The number of nitrogens with zero attached hydrogens (tertiary/aromatic N) is 1. The number of hydrogen-bond acceptors (Lipinski definition) is 2. The number of fused-ring (bicyclic) bond motifs is 2. The van der Waals surface area contributed by atoms with E-state index in [9.17, 15) is 9.18 Å². The molecule has 2 aliphatic heterocycles. The maximum atomic E-state index is 13.0. The van der Waals surface area contributed by atoms with Crippen LogP contribution in [0.15, 0.2) is 24.3 Å². The minimum absolute atomic E-state index is 0. The van der Waals surface area contributed by atoms with Gasteiger partial charge in [-0.1, -0.05) is 12.1 Å². The summed E-state index contributed by atoms with van der Waals surface area (Å²) in [6.45, 7) is 0.623. The molecule has 4 nitrogen and oxygen atoms in total. The van der Waals surface area contributed by atoms with Crippen molar-refractivity contribution in [2.45, 2.75) is 49.2 Å². The predicted octanol–water partition coefficient (Wildman–Crippen LogP) is 1.59. The van der Waals surface area contributed by atoms with Gasteiger partial charge >= 0.3 is 0 Å². The van der Waals surface area contributed by atoms with Gasteiger partial charge in [-0.25, -0.2) is 4.39 Å². The molecule has 21 heavy (non-hydrogen) atoms. The molecule has 4 N–H and O–H groups in total. The number of nitrogens with two attached hydrogens (primary N) is 1.